The van der Waals surface area contributed by atoms with Gasteiger partial charge in [-0.1, -0.05) is 47.0 Å². The topological polar surface area (TPSA) is 339 Å². The second-order valence-electron chi connectivity index (χ2n) is 19.6. The van der Waals surface area contributed by atoms with Gasteiger partial charge in [-0.2, -0.15) is 21.0 Å². The molecule has 0 spiro atoms. The normalized spacial score (nSPS) is 13.5. The summed E-state index contributed by atoms with van der Waals surface area (Å²) in [6.45, 7) is 7.13. The van der Waals surface area contributed by atoms with Crippen molar-refractivity contribution in [1.29, 1.82) is 21.0 Å². The molecule has 0 radical (unpaired) electrons. The quantitative estimate of drug-likeness (QED) is 0.0244. The van der Waals surface area contributed by atoms with E-state index in [1.165, 1.54) is 24.3 Å². The van der Waals surface area contributed by atoms with Crippen LogP contribution in [0, 0.1) is 85.8 Å². The van der Waals surface area contributed by atoms with Crippen LogP contribution in [0.15, 0.2) is 128 Å². The van der Waals surface area contributed by atoms with Gasteiger partial charge >= 0.3 is 11.9 Å². The molecule has 0 N–H and O–H groups in total. The number of benzene rings is 7. The number of rotatable bonds is 14. The number of carbonyl (C=O) groups excluding carboxylic acids is 2. The van der Waals surface area contributed by atoms with Gasteiger partial charge in [-0.3, -0.25) is 40.5 Å². The van der Waals surface area contributed by atoms with Gasteiger partial charge in [0.1, 0.15) is 73.3 Å². The highest BCUT2D eigenvalue weighted by atomic mass is 32.2. The van der Waals surface area contributed by atoms with E-state index < -0.39 is 54.2 Å². The zero-order valence-electron chi connectivity index (χ0n) is 46.0. The summed E-state index contributed by atoms with van der Waals surface area (Å²) in [4.78, 5) is 77.7. The van der Waals surface area contributed by atoms with Crippen molar-refractivity contribution in [3.05, 3.63) is 212 Å². The molecule has 0 aromatic heterocycles. The number of carbonyl (C=O) groups is 2. The molecule has 0 unspecified atom stereocenters. The Bertz CT molecular complexity index is 4560. The number of hydrogen-bond donors (Lipinski definition) is 0. The van der Waals surface area contributed by atoms with Gasteiger partial charge in [0.15, 0.2) is 0 Å². The first-order chi connectivity index (χ1) is 42.2. The van der Waals surface area contributed by atoms with Gasteiger partial charge in [0.25, 0.3) is 22.7 Å². The second-order valence-corrected chi connectivity index (χ2v) is 25.0. The van der Waals surface area contributed by atoms with Gasteiger partial charge in [-0.25, -0.2) is 9.59 Å². The summed E-state index contributed by atoms with van der Waals surface area (Å²) in [7, 11) is 0. The minimum absolute atomic E-state index is 0.0137. The zero-order chi connectivity index (χ0) is 62.6. The summed E-state index contributed by atoms with van der Waals surface area (Å²) < 4.78 is 25.9. The molecule has 0 fully saturated rings. The number of nitriles is 4. The summed E-state index contributed by atoms with van der Waals surface area (Å²) >= 11 is 6.50. The lowest BCUT2D eigenvalue weighted by Crippen LogP contribution is -2.18. The largest absolute Gasteiger partial charge is 0.490 e. The Morgan fingerprint density at radius 2 is 0.761 bits per heavy atom. The molecule has 0 amide bonds. The Hall–Kier alpha value is -10.7. The molecular weight excluding hydrogens is 1210 g/mol. The molecule has 7 aromatic carbocycles. The molecule has 0 saturated carbocycles. The van der Waals surface area contributed by atoms with Crippen molar-refractivity contribution in [2.45, 2.75) is 27.7 Å². The predicted octanol–water partition coefficient (Wildman–Crippen LogP) is 13.4. The Morgan fingerprint density at radius 1 is 0.420 bits per heavy atom. The summed E-state index contributed by atoms with van der Waals surface area (Å²) in [5, 5.41) is 92.8. The highest BCUT2D eigenvalue weighted by Crippen LogP contribution is 2.54. The standard InChI is InChI=1S/C62H36N8O14S4/c1-29-30(2)86-61(85-29)57-43-11-7-40(82-14-16-84-60(72)52-22-38(70(79)80)20-50-54(34(27-65)28-66)46-18-36(68(75)76)6-10-42(46)56(50)52)24-48(43)58(62-87-31(3)32(4)88-62)44-12-8-39(23-47(44)57)81-13-15-83-59(71)51-21-37(69(77)78)19-49-53(33(25-63)26-64)45-17-35(67(73)74)5-9-41(45)55(49)51/h5-12,17-24H,13-16H2,1-4H3. The van der Waals surface area contributed by atoms with Crippen LogP contribution in [0.4, 0.5) is 22.7 Å². The maximum atomic E-state index is 14.0. The zero-order valence-corrected chi connectivity index (χ0v) is 49.3. The van der Waals surface area contributed by atoms with Gasteiger partial charge in [0, 0.05) is 81.2 Å². The van der Waals surface area contributed by atoms with E-state index in [0.29, 0.717) is 11.5 Å². The van der Waals surface area contributed by atoms with Crippen molar-refractivity contribution in [1.82, 2.24) is 0 Å². The van der Waals surface area contributed by atoms with Crippen LogP contribution in [0.25, 0.3) is 63.4 Å². The number of esters is 2. The number of hydrogen-bond acceptors (Lipinski definition) is 22. The van der Waals surface area contributed by atoms with Crippen LogP contribution in [0.5, 0.6) is 11.5 Å². The summed E-state index contributed by atoms with van der Waals surface area (Å²) in [6, 6.07) is 29.9. The average Bonchev–Trinajstić information content (AvgIpc) is 1.37. The van der Waals surface area contributed by atoms with Crippen molar-refractivity contribution in [2.75, 3.05) is 26.4 Å². The minimum Gasteiger partial charge on any atom is -0.490 e. The molecule has 4 aliphatic rings. The molecule has 2 heterocycles. The van der Waals surface area contributed by atoms with E-state index in [1.807, 2.05) is 52.0 Å². The third kappa shape index (κ3) is 10.5. The van der Waals surface area contributed by atoms with Crippen LogP contribution in [-0.4, -0.2) is 58.1 Å². The van der Waals surface area contributed by atoms with Gasteiger partial charge in [0.2, 0.25) is 0 Å². The minimum atomic E-state index is -0.993. The highest BCUT2D eigenvalue weighted by Gasteiger charge is 2.37. The number of nitro benzene ring substituents is 4. The van der Waals surface area contributed by atoms with Crippen LogP contribution in [0.2, 0.25) is 0 Å². The van der Waals surface area contributed by atoms with Crippen LogP contribution < -0.4 is 19.9 Å². The van der Waals surface area contributed by atoms with Crippen molar-refractivity contribution in [3.63, 3.8) is 0 Å². The van der Waals surface area contributed by atoms with Crippen molar-refractivity contribution in [2.24, 2.45) is 0 Å². The number of allylic oxidation sites excluding steroid dienone is 6. The SMILES string of the molecule is CC1=C(C)SC(=c2c3ccc(OCCOC(=O)c4cc([N+](=O)[O-])cc5c4-c4ccc([N+](=O)[O-])cc4C5=C(C#N)C#N)cc3c(=C3SC(C)=C(C)S3)c3ccc(OCCOC(=O)c4cc([N+](=O)[O-])cc5c4-c4ccc([N+](=O)[O-])cc4C5=C(C#N)C#N)cc23)S1. The van der Waals surface area contributed by atoms with E-state index in [1.54, 1.807) is 83.5 Å². The number of non-ortho nitro benzene ring substituents is 4. The van der Waals surface area contributed by atoms with Crippen LogP contribution in [-0.2, 0) is 9.47 Å². The third-order valence-electron chi connectivity index (χ3n) is 14.7. The molecular formula is C62H36N8O14S4. The molecule has 0 bridgehead atoms. The van der Waals surface area contributed by atoms with Gasteiger partial charge in [-0.05, 0) is 151 Å². The molecule has 88 heavy (non-hydrogen) atoms. The van der Waals surface area contributed by atoms with E-state index in [2.05, 4.69) is 0 Å². The van der Waals surface area contributed by atoms with Crippen molar-refractivity contribution in [3.8, 4) is 58.0 Å². The smallest absolute Gasteiger partial charge is 0.339 e. The molecule has 2 aliphatic carbocycles. The Balaban J connectivity index is 0.897. The van der Waals surface area contributed by atoms with E-state index in [9.17, 15) is 71.1 Å². The first-order valence-electron chi connectivity index (χ1n) is 26.0. The fourth-order valence-electron chi connectivity index (χ4n) is 10.6. The molecule has 2 aliphatic heterocycles. The number of ether oxygens (including phenoxy) is 4. The number of nitro groups is 4. The van der Waals surface area contributed by atoms with Crippen LogP contribution in [0.1, 0.15) is 70.7 Å². The van der Waals surface area contributed by atoms with Crippen LogP contribution >= 0.6 is 47.0 Å². The Labute approximate surface area is 513 Å². The lowest BCUT2D eigenvalue weighted by molar-refractivity contribution is -0.385. The fraction of sp³-hybridized carbons (Fsp3) is 0.129. The summed E-state index contributed by atoms with van der Waals surface area (Å²) in [6.07, 6.45) is 0. The fourth-order valence-corrected chi connectivity index (χ4v) is 16.0. The van der Waals surface area contributed by atoms with Crippen molar-refractivity contribution < 1.29 is 48.2 Å². The van der Waals surface area contributed by atoms with Gasteiger partial charge in [-0.15, -0.1) is 0 Å². The van der Waals surface area contributed by atoms with Gasteiger partial charge < -0.3 is 18.9 Å². The van der Waals surface area contributed by atoms with Crippen LogP contribution in [0.3, 0.4) is 0 Å². The number of nitrogens with zero attached hydrogens (tertiary/aromatic N) is 8. The van der Waals surface area contributed by atoms with E-state index in [0.717, 1.165) is 96.5 Å². The summed E-state index contributed by atoms with van der Waals surface area (Å²) in [5.41, 5.74) is -2.76. The molecule has 7 aromatic rings. The molecule has 22 nitrogen and oxygen atoms in total. The van der Waals surface area contributed by atoms with Gasteiger partial charge in [0.05, 0.1) is 39.3 Å². The first-order valence-corrected chi connectivity index (χ1v) is 29.3. The molecule has 432 valence electrons. The monoisotopic (exact) mass is 1240 g/mol. The lowest BCUT2D eigenvalue weighted by Gasteiger charge is -2.15. The van der Waals surface area contributed by atoms with E-state index >= 15 is 0 Å². The summed E-state index contributed by atoms with van der Waals surface area (Å²) in [5.74, 6) is -1.16. The predicted molar refractivity (Wildman–Crippen MR) is 331 cm³/mol. The van der Waals surface area contributed by atoms with E-state index in [4.69, 9.17) is 18.9 Å². The molecule has 26 heteroatoms. The number of thioether (sulfide) groups is 4. The maximum Gasteiger partial charge on any atom is 0.339 e. The molecule has 0 saturated heterocycles. The highest BCUT2D eigenvalue weighted by molar-refractivity contribution is 8.36. The van der Waals surface area contributed by atoms with Crippen molar-refractivity contribution >= 4 is 123 Å². The number of fused-ring (bicyclic) bond motifs is 8. The third-order valence-corrected chi connectivity index (χ3v) is 20.0. The maximum absolute atomic E-state index is 14.0. The first kappa shape index (κ1) is 59.0. The van der Waals surface area contributed by atoms with E-state index in [-0.39, 0.29) is 105 Å². The molecule has 11 rings (SSSR count). The Kier molecular flexibility index (Phi) is 15.8. The average molecular weight is 1250 g/mol. The Morgan fingerprint density at radius 3 is 1.09 bits per heavy atom. The second kappa shape index (κ2) is 23.6. The lowest BCUT2D eigenvalue weighted by atomic mass is 9.96. The molecule has 0 atom stereocenters.